The lowest BCUT2D eigenvalue weighted by Crippen LogP contribution is -2.50. The molecule has 0 aliphatic carbocycles. The number of rotatable bonds is 3. The summed E-state index contributed by atoms with van der Waals surface area (Å²) < 4.78 is 0. The van der Waals surface area contributed by atoms with Crippen LogP contribution in [0.2, 0.25) is 0 Å². The third-order valence-corrected chi connectivity index (χ3v) is 3.49. The van der Waals surface area contributed by atoms with Gasteiger partial charge >= 0.3 is 6.09 Å². The molecule has 0 radical (unpaired) electrons. The molecular weight excluding hydrogens is 286 g/mol. The summed E-state index contributed by atoms with van der Waals surface area (Å²) in [5.41, 5.74) is 6.79. The average Bonchev–Trinajstić information content (AvgIpc) is 2.49. The lowest BCUT2D eigenvalue weighted by atomic mass is 10.1. The van der Waals surface area contributed by atoms with E-state index in [0.717, 1.165) is 5.56 Å². The summed E-state index contributed by atoms with van der Waals surface area (Å²) in [7, 11) is 0. The second-order valence-electron chi connectivity index (χ2n) is 5.06. The standard InChI is InChI=1S/C14H19N5O3/c15-13(16)17-11-3-1-10(2-4-11)9-12(20)18-5-7-19(8-6-18)14(21)22/h1-4H,5-9H2,(H,21,22)(H4,15,16,17). The van der Waals surface area contributed by atoms with Crippen LogP contribution in [0.3, 0.4) is 0 Å². The fraction of sp³-hybridized carbons (Fsp3) is 0.357. The molecule has 1 aliphatic heterocycles. The first-order chi connectivity index (χ1) is 10.5. The van der Waals surface area contributed by atoms with E-state index in [2.05, 4.69) is 5.32 Å². The van der Waals surface area contributed by atoms with Crippen molar-refractivity contribution >= 4 is 23.6 Å². The van der Waals surface area contributed by atoms with Crippen molar-refractivity contribution in [2.75, 3.05) is 31.5 Å². The number of guanidine groups is 1. The number of nitrogens with two attached hydrogens (primary N) is 1. The molecule has 0 spiro atoms. The number of anilines is 1. The number of nitrogens with one attached hydrogen (secondary N) is 2. The van der Waals surface area contributed by atoms with E-state index in [9.17, 15) is 9.59 Å². The van der Waals surface area contributed by atoms with Crippen LogP contribution < -0.4 is 11.1 Å². The number of carboxylic acid groups (broad SMARTS) is 1. The van der Waals surface area contributed by atoms with E-state index < -0.39 is 6.09 Å². The van der Waals surface area contributed by atoms with Gasteiger partial charge in [0.05, 0.1) is 6.42 Å². The van der Waals surface area contributed by atoms with Gasteiger partial charge in [-0.05, 0) is 17.7 Å². The number of hydrogen-bond acceptors (Lipinski definition) is 3. The van der Waals surface area contributed by atoms with E-state index in [-0.39, 0.29) is 18.3 Å². The molecule has 8 heteroatoms. The predicted octanol–water partition coefficient (Wildman–Crippen LogP) is 0.357. The van der Waals surface area contributed by atoms with Crippen LogP contribution in [-0.4, -0.2) is 59.0 Å². The first-order valence-electron chi connectivity index (χ1n) is 6.91. The van der Waals surface area contributed by atoms with Crippen molar-refractivity contribution in [2.45, 2.75) is 6.42 Å². The van der Waals surface area contributed by atoms with E-state index in [1.54, 1.807) is 29.2 Å². The van der Waals surface area contributed by atoms with Gasteiger partial charge in [-0.3, -0.25) is 10.2 Å². The summed E-state index contributed by atoms with van der Waals surface area (Å²) in [6.07, 6.45) is -0.673. The molecule has 1 aromatic rings. The van der Waals surface area contributed by atoms with Crippen LogP contribution in [0.5, 0.6) is 0 Å². The molecular formula is C14H19N5O3. The molecule has 0 atom stereocenters. The van der Waals surface area contributed by atoms with Crippen LogP contribution >= 0.6 is 0 Å². The van der Waals surface area contributed by atoms with Gasteiger partial charge in [-0.15, -0.1) is 0 Å². The SMILES string of the molecule is N=C(N)Nc1ccc(CC(=O)N2CCN(C(=O)O)CC2)cc1. The monoisotopic (exact) mass is 305 g/mol. The number of benzene rings is 1. The second-order valence-corrected chi connectivity index (χ2v) is 5.06. The Bertz CT molecular complexity index is 564. The fourth-order valence-corrected chi connectivity index (χ4v) is 2.29. The molecule has 22 heavy (non-hydrogen) atoms. The highest BCUT2D eigenvalue weighted by Crippen LogP contribution is 2.11. The summed E-state index contributed by atoms with van der Waals surface area (Å²) in [4.78, 5) is 26.0. The number of carbonyl (C=O) groups excluding carboxylic acids is 1. The predicted molar refractivity (Wildman–Crippen MR) is 81.9 cm³/mol. The maximum Gasteiger partial charge on any atom is 0.407 e. The molecule has 1 aromatic carbocycles. The van der Waals surface area contributed by atoms with E-state index >= 15 is 0 Å². The Morgan fingerprint density at radius 2 is 1.68 bits per heavy atom. The molecule has 118 valence electrons. The zero-order chi connectivity index (χ0) is 16.1. The summed E-state index contributed by atoms with van der Waals surface area (Å²) in [5, 5.41) is 18.7. The Balaban J connectivity index is 1.87. The van der Waals surface area contributed by atoms with Crippen molar-refractivity contribution in [3.8, 4) is 0 Å². The van der Waals surface area contributed by atoms with Crippen molar-refractivity contribution in [1.29, 1.82) is 5.41 Å². The molecule has 1 aliphatic rings. The Labute approximate surface area is 128 Å². The number of piperazine rings is 1. The molecule has 1 heterocycles. The maximum absolute atomic E-state index is 12.2. The third kappa shape index (κ3) is 4.11. The lowest BCUT2D eigenvalue weighted by Gasteiger charge is -2.33. The van der Waals surface area contributed by atoms with Gasteiger partial charge in [0.25, 0.3) is 0 Å². The number of hydrogen-bond donors (Lipinski definition) is 4. The molecule has 0 bridgehead atoms. The zero-order valence-corrected chi connectivity index (χ0v) is 12.1. The van der Waals surface area contributed by atoms with E-state index in [1.807, 2.05) is 0 Å². The van der Waals surface area contributed by atoms with Crippen LogP contribution in [0.1, 0.15) is 5.56 Å². The Morgan fingerprint density at radius 1 is 1.14 bits per heavy atom. The van der Waals surface area contributed by atoms with E-state index in [4.69, 9.17) is 16.2 Å². The summed E-state index contributed by atoms with van der Waals surface area (Å²) in [6, 6.07) is 7.12. The topological polar surface area (TPSA) is 123 Å². The van der Waals surface area contributed by atoms with Gasteiger partial charge in [-0.25, -0.2) is 4.79 Å². The molecule has 0 saturated carbocycles. The first kappa shape index (κ1) is 15.6. The van der Waals surface area contributed by atoms with Crippen molar-refractivity contribution in [3.05, 3.63) is 29.8 Å². The lowest BCUT2D eigenvalue weighted by molar-refractivity contribution is -0.132. The highest BCUT2D eigenvalue weighted by molar-refractivity contribution is 5.89. The second kappa shape index (κ2) is 6.79. The van der Waals surface area contributed by atoms with Crippen molar-refractivity contribution in [3.63, 3.8) is 0 Å². The minimum atomic E-state index is -0.944. The molecule has 1 fully saturated rings. The Hall–Kier alpha value is -2.77. The van der Waals surface area contributed by atoms with E-state index in [0.29, 0.717) is 31.9 Å². The van der Waals surface area contributed by atoms with Gasteiger partial charge in [-0.2, -0.15) is 0 Å². The van der Waals surface area contributed by atoms with Gasteiger partial charge in [0.1, 0.15) is 0 Å². The number of nitrogens with zero attached hydrogens (tertiary/aromatic N) is 2. The normalized spacial score (nSPS) is 14.5. The minimum Gasteiger partial charge on any atom is -0.465 e. The highest BCUT2D eigenvalue weighted by Gasteiger charge is 2.23. The van der Waals surface area contributed by atoms with Crippen molar-refractivity contribution in [1.82, 2.24) is 9.80 Å². The van der Waals surface area contributed by atoms with Crippen molar-refractivity contribution in [2.24, 2.45) is 5.73 Å². The summed E-state index contributed by atoms with van der Waals surface area (Å²) in [5.74, 6) is -0.155. The maximum atomic E-state index is 12.2. The molecule has 0 aromatic heterocycles. The van der Waals surface area contributed by atoms with Gasteiger partial charge in [0, 0.05) is 31.9 Å². The van der Waals surface area contributed by atoms with Crippen molar-refractivity contribution < 1.29 is 14.7 Å². The minimum absolute atomic E-state index is 0.0164. The molecule has 1 saturated heterocycles. The van der Waals surface area contributed by atoms with Gasteiger partial charge in [0.15, 0.2) is 5.96 Å². The highest BCUT2D eigenvalue weighted by atomic mass is 16.4. The average molecular weight is 305 g/mol. The van der Waals surface area contributed by atoms with Gasteiger partial charge in [-0.1, -0.05) is 12.1 Å². The van der Waals surface area contributed by atoms with Crippen LogP contribution in [-0.2, 0) is 11.2 Å². The largest absolute Gasteiger partial charge is 0.465 e. The van der Waals surface area contributed by atoms with Crippen LogP contribution in [0.25, 0.3) is 0 Å². The van der Waals surface area contributed by atoms with Crippen LogP contribution in [0.15, 0.2) is 24.3 Å². The molecule has 2 amide bonds. The van der Waals surface area contributed by atoms with Gasteiger partial charge < -0.3 is 26.0 Å². The van der Waals surface area contributed by atoms with Crippen LogP contribution in [0, 0.1) is 5.41 Å². The molecule has 5 N–H and O–H groups in total. The summed E-state index contributed by atoms with van der Waals surface area (Å²) in [6.45, 7) is 1.55. The van der Waals surface area contributed by atoms with Crippen LogP contribution in [0.4, 0.5) is 10.5 Å². The fourth-order valence-electron chi connectivity index (χ4n) is 2.29. The zero-order valence-electron chi connectivity index (χ0n) is 12.1. The van der Waals surface area contributed by atoms with Gasteiger partial charge in [0.2, 0.25) is 5.91 Å². The smallest absolute Gasteiger partial charge is 0.407 e. The third-order valence-electron chi connectivity index (χ3n) is 3.49. The Kier molecular flexibility index (Phi) is 4.82. The first-order valence-corrected chi connectivity index (χ1v) is 6.91. The molecule has 0 unspecified atom stereocenters. The summed E-state index contributed by atoms with van der Waals surface area (Å²) >= 11 is 0. The Morgan fingerprint density at radius 3 is 2.18 bits per heavy atom. The van der Waals surface area contributed by atoms with E-state index in [1.165, 1.54) is 4.90 Å². The molecule has 2 rings (SSSR count). The molecule has 8 nitrogen and oxygen atoms in total. The quantitative estimate of drug-likeness (QED) is 0.474. The number of amides is 2. The number of carbonyl (C=O) groups is 2.